The van der Waals surface area contributed by atoms with Crippen molar-refractivity contribution in [2.45, 2.75) is 40.2 Å². The number of benzene rings is 2. The Kier molecular flexibility index (Phi) is 8.40. The van der Waals surface area contributed by atoms with Crippen LogP contribution in [-0.2, 0) is 11.2 Å². The summed E-state index contributed by atoms with van der Waals surface area (Å²) in [6, 6.07) is 15.9. The Hall–Kier alpha value is -2.66. The highest BCUT2D eigenvalue weighted by molar-refractivity contribution is 5.97. The van der Waals surface area contributed by atoms with Gasteiger partial charge in [-0.25, -0.2) is 0 Å². The first-order valence-corrected chi connectivity index (χ1v) is 10.3. The molecule has 2 aromatic carbocycles. The maximum Gasteiger partial charge on any atom is 0.279 e. The Bertz CT molecular complexity index is 813. The normalized spacial score (nSPS) is 12.1. The molecular weight excluding hydrogens is 362 g/mol. The Morgan fingerprint density at radius 3 is 2.28 bits per heavy atom. The van der Waals surface area contributed by atoms with Crippen LogP contribution in [0.1, 0.15) is 55.2 Å². The Labute approximate surface area is 174 Å². The summed E-state index contributed by atoms with van der Waals surface area (Å²) in [4.78, 5) is 24.2. The number of amides is 2. The van der Waals surface area contributed by atoms with Crippen molar-refractivity contribution < 1.29 is 14.9 Å². The van der Waals surface area contributed by atoms with Crippen LogP contribution < -0.4 is 16.0 Å². The molecule has 0 fully saturated rings. The summed E-state index contributed by atoms with van der Waals surface area (Å²) in [7, 11) is 1.59. The summed E-state index contributed by atoms with van der Waals surface area (Å²) in [6.07, 6.45) is 1.08. The highest BCUT2D eigenvalue weighted by atomic mass is 16.2. The van der Waals surface area contributed by atoms with E-state index in [1.54, 1.807) is 31.3 Å². The average molecular weight is 397 g/mol. The fourth-order valence-electron chi connectivity index (χ4n) is 3.47. The lowest BCUT2D eigenvalue weighted by atomic mass is 9.93. The van der Waals surface area contributed by atoms with Crippen LogP contribution in [0.2, 0.25) is 0 Å². The van der Waals surface area contributed by atoms with E-state index in [1.807, 2.05) is 0 Å². The number of carbonyl (C=O) groups is 2. The topological polar surface area (TPSA) is 74.8 Å². The maximum absolute atomic E-state index is 12.5. The minimum absolute atomic E-state index is 0.0823. The zero-order chi connectivity index (χ0) is 21.4. The van der Waals surface area contributed by atoms with Gasteiger partial charge in [0.2, 0.25) is 0 Å². The molecule has 1 atom stereocenters. The highest BCUT2D eigenvalue weighted by Gasteiger charge is 2.20. The molecule has 2 rings (SSSR count). The van der Waals surface area contributed by atoms with Gasteiger partial charge in [0, 0.05) is 29.8 Å². The first kappa shape index (κ1) is 22.6. The summed E-state index contributed by atoms with van der Waals surface area (Å²) in [5.74, 6) is 0.781. The van der Waals surface area contributed by atoms with Crippen molar-refractivity contribution in [2.24, 2.45) is 11.8 Å². The summed E-state index contributed by atoms with van der Waals surface area (Å²) >= 11 is 0. The largest absolute Gasteiger partial charge is 0.355 e. The third kappa shape index (κ3) is 7.02. The number of rotatable bonds is 9. The lowest BCUT2D eigenvalue weighted by Gasteiger charge is -2.20. The van der Waals surface area contributed by atoms with Crippen molar-refractivity contribution in [3.63, 3.8) is 0 Å². The zero-order valence-corrected chi connectivity index (χ0v) is 18.2. The summed E-state index contributed by atoms with van der Waals surface area (Å²) in [5, 5.41) is 7.56. The maximum atomic E-state index is 12.5. The summed E-state index contributed by atoms with van der Waals surface area (Å²) in [6.45, 7) is 9.12. The molecule has 2 aromatic rings. The van der Waals surface area contributed by atoms with Gasteiger partial charge in [0.05, 0.1) is 0 Å². The van der Waals surface area contributed by atoms with Crippen LogP contribution in [-0.4, -0.2) is 25.4 Å². The van der Waals surface area contributed by atoms with E-state index in [4.69, 9.17) is 0 Å². The van der Waals surface area contributed by atoms with Crippen molar-refractivity contribution >= 4 is 17.5 Å². The summed E-state index contributed by atoms with van der Waals surface area (Å²) in [5.41, 5.74) is 3.74. The molecule has 0 aliphatic carbocycles. The molecule has 0 aromatic heterocycles. The number of quaternary nitrogens is 1. The Morgan fingerprint density at radius 2 is 1.69 bits per heavy atom. The van der Waals surface area contributed by atoms with Gasteiger partial charge in [-0.1, -0.05) is 58.0 Å². The van der Waals surface area contributed by atoms with Gasteiger partial charge in [0.15, 0.2) is 6.54 Å². The van der Waals surface area contributed by atoms with Crippen molar-refractivity contribution in [1.82, 2.24) is 5.32 Å². The molecule has 0 saturated heterocycles. The molecule has 156 valence electrons. The van der Waals surface area contributed by atoms with Crippen molar-refractivity contribution in [3.8, 4) is 0 Å². The van der Waals surface area contributed by atoms with Gasteiger partial charge >= 0.3 is 0 Å². The van der Waals surface area contributed by atoms with Crippen molar-refractivity contribution in [2.75, 3.05) is 18.9 Å². The number of hydrogen-bond acceptors (Lipinski definition) is 2. The smallest absolute Gasteiger partial charge is 0.279 e. The van der Waals surface area contributed by atoms with Gasteiger partial charge in [-0.05, 0) is 36.1 Å². The number of carbonyl (C=O) groups excluding carboxylic acids is 2. The number of anilines is 1. The van der Waals surface area contributed by atoms with Crippen LogP contribution in [0.15, 0.2) is 48.5 Å². The van der Waals surface area contributed by atoms with Crippen LogP contribution in [0.5, 0.6) is 0 Å². The molecule has 29 heavy (non-hydrogen) atoms. The third-order valence-corrected chi connectivity index (χ3v) is 4.92. The monoisotopic (exact) mass is 396 g/mol. The fourth-order valence-corrected chi connectivity index (χ4v) is 3.47. The quantitative estimate of drug-likeness (QED) is 0.609. The average Bonchev–Trinajstić information content (AvgIpc) is 2.68. The molecule has 0 spiro atoms. The first-order valence-electron chi connectivity index (χ1n) is 10.3. The molecule has 4 N–H and O–H groups in total. The van der Waals surface area contributed by atoms with Gasteiger partial charge in [-0.15, -0.1) is 0 Å². The third-order valence-electron chi connectivity index (χ3n) is 4.92. The van der Waals surface area contributed by atoms with Crippen LogP contribution in [0.25, 0.3) is 0 Å². The molecule has 0 saturated carbocycles. The number of nitrogens with two attached hydrogens (primary N) is 1. The van der Waals surface area contributed by atoms with E-state index in [9.17, 15) is 9.59 Å². The molecule has 2 amide bonds. The second kappa shape index (κ2) is 10.8. The Morgan fingerprint density at radius 1 is 1.00 bits per heavy atom. The van der Waals surface area contributed by atoms with Gasteiger partial charge in [0.1, 0.15) is 6.04 Å². The lowest BCUT2D eigenvalue weighted by molar-refractivity contribution is -0.692. The van der Waals surface area contributed by atoms with E-state index in [1.165, 1.54) is 11.1 Å². The molecule has 5 heteroatoms. The van der Waals surface area contributed by atoms with Gasteiger partial charge < -0.3 is 16.0 Å². The van der Waals surface area contributed by atoms with E-state index in [0.717, 1.165) is 6.42 Å². The molecule has 0 bridgehead atoms. The van der Waals surface area contributed by atoms with Gasteiger partial charge in [-0.2, -0.15) is 0 Å². The molecular formula is C24H34N3O2+. The standard InChI is InChI=1S/C24H33N3O2/c1-16(2)13-18-9-11-19(12-10-18)23(17(3)4)26-15-22(28)27-21-8-6-7-20(14-21)24(29)25-5/h6-12,14,16-17,23,26H,13,15H2,1-5H3,(H,25,29)(H,27,28)/p+1/t23-/m1/s1. The van der Waals surface area contributed by atoms with Gasteiger partial charge in [-0.3, -0.25) is 9.59 Å². The molecule has 0 aliphatic rings. The minimum Gasteiger partial charge on any atom is -0.355 e. The van der Waals surface area contributed by atoms with Crippen molar-refractivity contribution in [1.29, 1.82) is 0 Å². The van der Waals surface area contributed by atoms with Crippen LogP contribution in [0.4, 0.5) is 5.69 Å². The predicted octanol–water partition coefficient (Wildman–Crippen LogP) is 3.14. The fraction of sp³-hybridized carbons (Fsp3) is 0.417. The lowest BCUT2D eigenvalue weighted by Crippen LogP contribution is -2.88. The van der Waals surface area contributed by atoms with E-state index in [2.05, 4.69) is 67.9 Å². The van der Waals surface area contributed by atoms with Crippen LogP contribution in [0.3, 0.4) is 0 Å². The summed E-state index contributed by atoms with van der Waals surface area (Å²) < 4.78 is 0. The highest BCUT2D eigenvalue weighted by Crippen LogP contribution is 2.19. The van der Waals surface area contributed by atoms with E-state index in [0.29, 0.717) is 29.6 Å². The molecule has 5 nitrogen and oxygen atoms in total. The Balaban J connectivity index is 1.98. The first-order chi connectivity index (χ1) is 13.8. The zero-order valence-electron chi connectivity index (χ0n) is 18.2. The molecule has 0 radical (unpaired) electrons. The van der Waals surface area contributed by atoms with Crippen LogP contribution >= 0.6 is 0 Å². The minimum atomic E-state index is -0.173. The van der Waals surface area contributed by atoms with Gasteiger partial charge in [0.25, 0.3) is 11.8 Å². The van der Waals surface area contributed by atoms with E-state index in [-0.39, 0.29) is 17.9 Å². The second-order valence-electron chi connectivity index (χ2n) is 8.26. The molecule has 0 aliphatic heterocycles. The number of hydrogen-bond donors (Lipinski definition) is 3. The molecule has 0 heterocycles. The van der Waals surface area contributed by atoms with Crippen molar-refractivity contribution in [3.05, 3.63) is 65.2 Å². The number of nitrogens with one attached hydrogen (secondary N) is 2. The van der Waals surface area contributed by atoms with Crippen LogP contribution in [0, 0.1) is 11.8 Å². The SMILES string of the molecule is CNC(=O)c1cccc(NC(=O)C[NH2+][C@@H](c2ccc(CC(C)C)cc2)C(C)C)c1. The predicted molar refractivity (Wildman–Crippen MR) is 118 cm³/mol. The van der Waals surface area contributed by atoms with E-state index >= 15 is 0 Å². The van der Waals surface area contributed by atoms with E-state index < -0.39 is 0 Å². The second-order valence-corrected chi connectivity index (χ2v) is 8.26. The molecule has 0 unspecified atom stereocenters.